The van der Waals surface area contributed by atoms with E-state index in [1.807, 2.05) is 0 Å². The Balaban J connectivity index is 2.57. The van der Waals surface area contributed by atoms with Crippen molar-refractivity contribution in [2.75, 3.05) is 33.7 Å². The van der Waals surface area contributed by atoms with Crippen LogP contribution < -0.4 is 10.6 Å². The fourth-order valence-corrected chi connectivity index (χ4v) is 2.13. The van der Waals surface area contributed by atoms with Gasteiger partial charge in [0.15, 0.2) is 5.96 Å². The zero-order valence-electron chi connectivity index (χ0n) is 16.2. The van der Waals surface area contributed by atoms with Gasteiger partial charge in [0.05, 0.1) is 0 Å². The summed E-state index contributed by atoms with van der Waals surface area (Å²) < 4.78 is 0. The van der Waals surface area contributed by atoms with Crippen molar-refractivity contribution in [3.8, 4) is 0 Å². The number of nitrogens with zero attached hydrogens (tertiary/aromatic N) is 2. The van der Waals surface area contributed by atoms with Gasteiger partial charge in [-0.05, 0) is 23.0 Å². The number of carbonyl (C=O) groups excluding carboxylic acids is 1. The van der Waals surface area contributed by atoms with Crippen molar-refractivity contribution in [1.29, 1.82) is 0 Å². The molecule has 0 fully saturated rings. The SMILES string of the molecule is C=CCNC(=NCC(=O)N(C)C)NCCc1ccc(C(C)(C)C)cc1. The van der Waals surface area contributed by atoms with Gasteiger partial charge >= 0.3 is 0 Å². The average molecular weight is 345 g/mol. The molecule has 1 rings (SSSR count). The Morgan fingerprint density at radius 1 is 1.20 bits per heavy atom. The molecule has 138 valence electrons. The fourth-order valence-electron chi connectivity index (χ4n) is 2.13. The Bertz CT molecular complexity index is 583. The predicted molar refractivity (Wildman–Crippen MR) is 106 cm³/mol. The maximum absolute atomic E-state index is 11.7. The highest BCUT2D eigenvalue weighted by Gasteiger charge is 2.12. The van der Waals surface area contributed by atoms with E-state index in [1.165, 1.54) is 16.0 Å². The molecule has 0 radical (unpaired) electrons. The molecule has 5 heteroatoms. The largest absolute Gasteiger partial charge is 0.356 e. The van der Waals surface area contributed by atoms with E-state index in [9.17, 15) is 4.79 Å². The first-order chi connectivity index (χ1) is 11.7. The third kappa shape index (κ3) is 7.88. The molecular weight excluding hydrogens is 312 g/mol. The van der Waals surface area contributed by atoms with Crippen molar-refractivity contribution in [2.24, 2.45) is 4.99 Å². The van der Waals surface area contributed by atoms with Crippen molar-refractivity contribution in [1.82, 2.24) is 15.5 Å². The third-order valence-electron chi connectivity index (χ3n) is 3.81. The fraction of sp³-hybridized carbons (Fsp3) is 0.500. The van der Waals surface area contributed by atoms with Gasteiger partial charge < -0.3 is 15.5 Å². The second-order valence-corrected chi connectivity index (χ2v) is 7.25. The van der Waals surface area contributed by atoms with Crippen LogP contribution in [0.1, 0.15) is 31.9 Å². The first-order valence-electron chi connectivity index (χ1n) is 8.66. The molecule has 0 aliphatic rings. The summed E-state index contributed by atoms with van der Waals surface area (Å²) >= 11 is 0. The van der Waals surface area contributed by atoms with Gasteiger partial charge in [-0.2, -0.15) is 0 Å². The third-order valence-corrected chi connectivity index (χ3v) is 3.81. The molecule has 0 saturated heterocycles. The van der Waals surface area contributed by atoms with Crippen LogP contribution in [0.15, 0.2) is 41.9 Å². The maximum Gasteiger partial charge on any atom is 0.243 e. The number of rotatable bonds is 7. The van der Waals surface area contributed by atoms with E-state index < -0.39 is 0 Å². The lowest BCUT2D eigenvalue weighted by atomic mass is 9.86. The van der Waals surface area contributed by atoms with Crippen LogP contribution in [0.3, 0.4) is 0 Å². The van der Waals surface area contributed by atoms with E-state index in [1.54, 1.807) is 20.2 Å². The molecule has 0 aliphatic heterocycles. The quantitative estimate of drug-likeness (QED) is 0.453. The smallest absolute Gasteiger partial charge is 0.243 e. The minimum atomic E-state index is -0.0301. The molecular formula is C20H32N4O. The van der Waals surface area contributed by atoms with Crippen LogP contribution in [0.4, 0.5) is 0 Å². The highest BCUT2D eigenvalue weighted by molar-refractivity contribution is 5.84. The monoisotopic (exact) mass is 344 g/mol. The zero-order chi connectivity index (χ0) is 18.9. The summed E-state index contributed by atoms with van der Waals surface area (Å²) in [6, 6.07) is 8.73. The summed E-state index contributed by atoms with van der Waals surface area (Å²) in [5.41, 5.74) is 2.78. The topological polar surface area (TPSA) is 56.7 Å². The van der Waals surface area contributed by atoms with Gasteiger partial charge in [-0.25, -0.2) is 4.99 Å². The van der Waals surface area contributed by atoms with Crippen LogP contribution in [0.2, 0.25) is 0 Å². The second kappa shape index (κ2) is 9.87. The second-order valence-electron chi connectivity index (χ2n) is 7.25. The van der Waals surface area contributed by atoms with Gasteiger partial charge in [0.1, 0.15) is 6.54 Å². The Morgan fingerprint density at radius 3 is 2.36 bits per heavy atom. The molecule has 0 aliphatic carbocycles. The van der Waals surface area contributed by atoms with Crippen LogP contribution in [-0.4, -0.2) is 50.5 Å². The van der Waals surface area contributed by atoms with Crippen molar-refractivity contribution in [3.05, 3.63) is 48.0 Å². The van der Waals surface area contributed by atoms with Crippen LogP contribution in [-0.2, 0) is 16.6 Å². The summed E-state index contributed by atoms with van der Waals surface area (Å²) in [6.07, 6.45) is 2.65. The molecule has 0 spiro atoms. The van der Waals surface area contributed by atoms with E-state index in [0.717, 1.165) is 13.0 Å². The molecule has 1 amide bonds. The lowest BCUT2D eigenvalue weighted by Crippen LogP contribution is -2.39. The summed E-state index contributed by atoms with van der Waals surface area (Å²) in [5, 5.41) is 6.39. The van der Waals surface area contributed by atoms with E-state index in [4.69, 9.17) is 0 Å². The lowest BCUT2D eigenvalue weighted by molar-refractivity contribution is -0.127. The number of amides is 1. The van der Waals surface area contributed by atoms with Gasteiger partial charge in [-0.1, -0.05) is 51.1 Å². The van der Waals surface area contributed by atoms with Crippen molar-refractivity contribution < 1.29 is 4.79 Å². The predicted octanol–water partition coefficient (Wildman–Crippen LogP) is 2.34. The summed E-state index contributed by atoms with van der Waals surface area (Å²) in [6.45, 7) is 11.8. The standard InChI is InChI=1S/C20H32N4O/c1-7-13-21-19(23-15-18(25)24(5)6)22-14-12-16-8-10-17(11-9-16)20(2,3)4/h7-11H,1,12-15H2,2-6H3,(H2,21,22,23). The van der Waals surface area contributed by atoms with Gasteiger partial charge in [-0.3, -0.25) is 4.79 Å². The number of likely N-dealkylation sites (N-methyl/N-ethyl adjacent to an activating group) is 1. The van der Waals surface area contributed by atoms with Gasteiger partial charge in [-0.15, -0.1) is 6.58 Å². The van der Waals surface area contributed by atoms with Gasteiger partial charge in [0.25, 0.3) is 0 Å². The van der Waals surface area contributed by atoms with Crippen LogP contribution in [0.5, 0.6) is 0 Å². The number of guanidine groups is 1. The van der Waals surface area contributed by atoms with E-state index in [-0.39, 0.29) is 17.9 Å². The number of benzene rings is 1. The zero-order valence-corrected chi connectivity index (χ0v) is 16.2. The summed E-state index contributed by atoms with van der Waals surface area (Å²) in [7, 11) is 3.45. The molecule has 0 aromatic heterocycles. The first-order valence-corrected chi connectivity index (χ1v) is 8.66. The molecule has 25 heavy (non-hydrogen) atoms. The molecule has 0 heterocycles. The first kappa shape index (κ1) is 20.7. The number of hydrogen-bond donors (Lipinski definition) is 2. The highest BCUT2D eigenvalue weighted by atomic mass is 16.2. The molecule has 2 N–H and O–H groups in total. The molecule has 1 aromatic rings. The average Bonchev–Trinajstić information content (AvgIpc) is 2.56. The number of hydrogen-bond acceptors (Lipinski definition) is 2. The molecule has 0 unspecified atom stereocenters. The molecule has 0 atom stereocenters. The Hall–Kier alpha value is -2.30. The Morgan fingerprint density at radius 2 is 1.84 bits per heavy atom. The molecule has 0 bridgehead atoms. The van der Waals surface area contributed by atoms with Crippen molar-refractivity contribution in [3.63, 3.8) is 0 Å². The summed E-state index contributed by atoms with van der Waals surface area (Å²) in [4.78, 5) is 17.5. The van der Waals surface area contributed by atoms with Gasteiger partial charge in [0, 0.05) is 27.2 Å². The number of nitrogens with one attached hydrogen (secondary N) is 2. The van der Waals surface area contributed by atoms with E-state index in [0.29, 0.717) is 12.5 Å². The summed E-state index contributed by atoms with van der Waals surface area (Å²) in [5.74, 6) is 0.596. The van der Waals surface area contributed by atoms with Crippen molar-refractivity contribution in [2.45, 2.75) is 32.6 Å². The van der Waals surface area contributed by atoms with Crippen LogP contribution >= 0.6 is 0 Å². The highest BCUT2D eigenvalue weighted by Crippen LogP contribution is 2.22. The van der Waals surface area contributed by atoms with E-state index >= 15 is 0 Å². The molecule has 0 saturated carbocycles. The Labute approximate surface area is 152 Å². The molecule has 5 nitrogen and oxygen atoms in total. The van der Waals surface area contributed by atoms with Crippen LogP contribution in [0.25, 0.3) is 0 Å². The minimum absolute atomic E-state index is 0.0301. The van der Waals surface area contributed by atoms with Crippen molar-refractivity contribution >= 4 is 11.9 Å². The number of aliphatic imine (C=N–C) groups is 1. The number of carbonyl (C=O) groups is 1. The minimum Gasteiger partial charge on any atom is -0.356 e. The lowest BCUT2D eigenvalue weighted by Gasteiger charge is -2.19. The molecule has 1 aromatic carbocycles. The maximum atomic E-state index is 11.7. The Kier molecular flexibility index (Phi) is 8.19. The van der Waals surface area contributed by atoms with Crippen LogP contribution in [0, 0.1) is 0 Å². The van der Waals surface area contributed by atoms with Gasteiger partial charge in [0.2, 0.25) is 5.91 Å². The van der Waals surface area contributed by atoms with E-state index in [2.05, 4.69) is 67.2 Å². The normalized spacial score (nSPS) is 11.8.